The Kier molecular flexibility index (Phi) is 6.28. The van der Waals surface area contributed by atoms with Crippen molar-refractivity contribution in [3.05, 3.63) is 71.0 Å². The third kappa shape index (κ3) is 4.88. The highest BCUT2D eigenvalue weighted by atomic mass is 19.1. The number of hydrogen-bond acceptors (Lipinski definition) is 3. The molecule has 0 amide bonds. The molecular weight excluding hydrogens is 291 g/mol. The highest BCUT2D eigenvalue weighted by Gasteiger charge is 2.17. The number of benzene rings is 2. The van der Waals surface area contributed by atoms with Crippen LogP contribution in [0.5, 0.6) is 0 Å². The maximum atomic E-state index is 13.1. The highest BCUT2D eigenvalue weighted by Crippen LogP contribution is 2.16. The minimum Gasteiger partial charge on any atom is -0.395 e. The van der Waals surface area contributed by atoms with Crippen molar-refractivity contribution in [2.45, 2.75) is 32.5 Å². The minimum atomic E-state index is -0.253. The lowest BCUT2D eigenvalue weighted by Gasteiger charge is -2.30. The summed E-state index contributed by atoms with van der Waals surface area (Å²) in [7, 11) is 0. The van der Waals surface area contributed by atoms with Gasteiger partial charge >= 0.3 is 0 Å². The van der Waals surface area contributed by atoms with E-state index >= 15 is 0 Å². The Labute approximate surface area is 136 Å². The van der Waals surface area contributed by atoms with Gasteiger partial charge in [-0.2, -0.15) is 5.26 Å². The molecule has 0 heterocycles. The van der Waals surface area contributed by atoms with Gasteiger partial charge in [0, 0.05) is 19.1 Å². The second-order valence-electron chi connectivity index (χ2n) is 5.59. The molecule has 1 N–H and O–H groups in total. The first kappa shape index (κ1) is 17.1. The molecule has 120 valence electrons. The highest BCUT2D eigenvalue weighted by molar-refractivity contribution is 5.32. The van der Waals surface area contributed by atoms with Crippen LogP contribution in [0.1, 0.15) is 30.0 Å². The molecule has 2 aromatic rings. The number of halogens is 1. The molecule has 23 heavy (non-hydrogen) atoms. The van der Waals surface area contributed by atoms with E-state index in [4.69, 9.17) is 5.26 Å². The van der Waals surface area contributed by atoms with Gasteiger partial charge in [0.25, 0.3) is 0 Å². The van der Waals surface area contributed by atoms with Crippen LogP contribution in [0, 0.1) is 17.1 Å². The molecule has 0 aromatic heterocycles. The fourth-order valence-corrected chi connectivity index (χ4v) is 2.61. The van der Waals surface area contributed by atoms with E-state index in [2.05, 4.69) is 11.0 Å². The Morgan fingerprint density at radius 1 is 1.13 bits per heavy atom. The van der Waals surface area contributed by atoms with Crippen LogP contribution < -0.4 is 0 Å². The third-order valence-electron chi connectivity index (χ3n) is 3.94. The maximum Gasteiger partial charge on any atom is 0.123 e. The fraction of sp³-hybridized carbons (Fsp3) is 0.316. The molecule has 0 fully saturated rings. The summed E-state index contributed by atoms with van der Waals surface area (Å²) in [5, 5.41) is 18.7. The molecular formula is C19H21FN2O. The van der Waals surface area contributed by atoms with Gasteiger partial charge in [-0.25, -0.2) is 4.39 Å². The van der Waals surface area contributed by atoms with Crippen LogP contribution >= 0.6 is 0 Å². The summed E-state index contributed by atoms with van der Waals surface area (Å²) >= 11 is 0. The average Bonchev–Trinajstić information content (AvgIpc) is 2.58. The van der Waals surface area contributed by atoms with E-state index in [1.807, 2.05) is 25.1 Å². The van der Waals surface area contributed by atoms with Crippen molar-refractivity contribution >= 4 is 0 Å². The van der Waals surface area contributed by atoms with Gasteiger partial charge in [0.05, 0.1) is 18.2 Å². The number of nitrogens with zero attached hydrogens (tertiary/aromatic N) is 2. The molecule has 0 aliphatic heterocycles. The zero-order valence-corrected chi connectivity index (χ0v) is 13.2. The van der Waals surface area contributed by atoms with Crippen molar-refractivity contribution in [1.82, 2.24) is 4.90 Å². The Morgan fingerprint density at radius 2 is 1.83 bits per heavy atom. The molecule has 1 atom stereocenters. The monoisotopic (exact) mass is 312 g/mol. The van der Waals surface area contributed by atoms with Gasteiger partial charge in [-0.05, 0) is 41.8 Å². The largest absolute Gasteiger partial charge is 0.395 e. The molecule has 4 heteroatoms. The summed E-state index contributed by atoms with van der Waals surface area (Å²) in [5.41, 5.74) is 2.65. The standard InChI is InChI=1S/C19H21FN2O/c1-2-19(14-23)22(12-15-6-8-18(20)9-7-15)13-17-5-3-4-16(10-17)11-21/h3-10,19,23H,2,12-14H2,1H3. The summed E-state index contributed by atoms with van der Waals surface area (Å²) in [6.07, 6.45) is 0.815. The van der Waals surface area contributed by atoms with Gasteiger partial charge in [0.15, 0.2) is 0 Å². The molecule has 3 nitrogen and oxygen atoms in total. The minimum absolute atomic E-state index is 0.0193. The van der Waals surface area contributed by atoms with Crippen LogP contribution in [0.15, 0.2) is 48.5 Å². The Balaban J connectivity index is 2.19. The molecule has 0 radical (unpaired) electrons. The van der Waals surface area contributed by atoms with Crippen LogP contribution in [0.25, 0.3) is 0 Å². The first-order valence-corrected chi connectivity index (χ1v) is 7.74. The fourth-order valence-electron chi connectivity index (χ4n) is 2.61. The summed E-state index contributed by atoms with van der Waals surface area (Å²) in [4.78, 5) is 2.16. The summed E-state index contributed by atoms with van der Waals surface area (Å²) in [5.74, 6) is -0.253. The topological polar surface area (TPSA) is 47.3 Å². The maximum absolute atomic E-state index is 13.1. The Bertz CT molecular complexity index is 660. The van der Waals surface area contributed by atoms with Crippen molar-refractivity contribution in [1.29, 1.82) is 5.26 Å². The van der Waals surface area contributed by atoms with Gasteiger partial charge < -0.3 is 5.11 Å². The first-order chi connectivity index (χ1) is 11.2. The molecule has 1 unspecified atom stereocenters. The van der Waals surface area contributed by atoms with Gasteiger partial charge in [-0.3, -0.25) is 4.90 Å². The number of aliphatic hydroxyl groups excluding tert-OH is 1. The molecule has 0 bridgehead atoms. The van der Waals surface area contributed by atoms with Gasteiger partial charge in [0.1, 0.15) is 5.82 Å². The van der Waals surface area contributed by atoms with E-state index in [0.29, 0.717) is 18.7 Å². The van der Waals surface area contributed by atoms with E-state index in [9.17, 15) is 9.50 Å². The normalized spacial score (nSPS) is 12.1. The van der Waals surface area contributed by atoms with E-state index in [1.165, 1.54) is 12.1 Å². The molecule has 0 aliphatic rings. The summed E-state index contributed by atoms with van der Waals surface area (Å²) in [6, 6.07) is 16.1. The first-order valence-electron chi connectivity index (χ1n) is 7.74. The average molecular weight is 312 g/mol. The van der Waals surface area contributed by atoms with Crippen molar-refractivity contribution in [2.75, 3.05) is 6.61 Å². The van der Waals surface area contributed by atoms with Gasteiger partial charge in [-0.15, -0.1) is 0 Å². The smallest absolute Gasteiger partial charge is 0.123 e. The molecule has 0 saturated carbocycles. The number of aliphatic hydroxyl groups is 1. The van der Waals surface area contributed by atoms with Crippen LogP contribution in [0.4, 0.5) is 4.39 Å². The molecule has 2 rings (SSSR count). The molecule has 0 spiro atoms. The number of hydrogen-bond donors (Lipinski definition) is 1. The van der Waals surface area contributed by atoms with Gasteiger partial charge in [-0.1, -0.05) is 31.2 Å². The van der Waals surface area contributed by atoms with Crippen molar-refractivity contribution in [3.63, 3.8) is 0 Å². The summed E-state index contributed by atoms with van der Waals surface area (Å²) in [6.45, 7) is 3.35. The lowest BCUT2D eigenvalue weighted by Crippen LogP contribution is -2.36. The lowest BCUT2D eigenvalue weighted by molar-refractivity contribution is 0.107. The molecule has 0 aliphatic carbocycles. The zero-order valence-electron chi connectivity index (χ0n) is 13.2. The van der Waals surface area contributed by atoms with E-state index in [-0.39, 0.29) is 18.5 Å². The van der Waals surface area contributed by atoms with Crippen molar-refractivity contribution in [2.24, 2.45) is 0 Å². The van der Waals surface area contributed by atoms with Crippen LogP contribution in [0.2, 0.25) is 0 Å². The third-order valence-corrected chi connectivity index (χ3v) is 3.94. The van der Waals surface area contributed by atoms with Crippen molar-refractivity contribution < 1.29 is 9.50 Å². The van der Waals surface area contributed by atoms with E-state index < -0.39 is 0 Å². The number of rotatable bonds is 7. The summed E-state index contributed by atoms with van der Waals surface area (Å²) < 4.78 is 13.1. The predicted octanol–water partition coefficient (Wildman–Crippen LogP) is 3.47. The molecule has 0 saturated heterocycles. The van der Waals surface area contributed by atoms with Crippen LogP contribution in [-0.2, 0) is 13.1 Å². The quantitative estimate of drug-likeness (QED) is 0.851. The zero-order chi connectivity index (χ0) is 16.7. The second kappa shape index (κ2) is 8.42. The lowest BCUT2D eigenvalue weighted by atomic mass is 10.1. The van der Waals surface area contributed by atoms with Crippen LogP contribution in [0.3, 0.4) is 0 Å². The van der Waals surface area contributed by atoms with E-state index in [1.54, 1.807) is 18.2 Å². The van der Waals surface area contributed by atoms with Gasteiger partial charge in [0.2, 0.25) is 0 Å². The van der Waals surface area contributed by atoms with E-state index in [0.717, 1.165) is 17.5 Å². The SMILES string of the molecule is CCC(CO)N(Cc1ccc(F)cc1)Cc1cccc(C#N)c1. The predicted molar refractivity (Wildman–Crippen MR) is 88.0 cm³/mol. The Hall–Kier alpha value is -2.22. The number of nitriles is 1. The second-order valence-corrected chi connectivity index (χ2v) is 5.59. The van der Waals surface area contributed by atoms with Crippen LogP contribution in [-0.4, -0.2) is 22.7 Å². The van der Waals surface area contributed by atoms with Crippen molar-refractivity contribution in [3.8, 4) is 6.07 Å². The Morgan fingerprint density at radius 3 is 2.43 bits per heavy atom. The molecule has 2 aromatic carbocycles.